The van der Waals surface area contributed by atoms with E-state index in [1.54, 1.807) is 27.7 Å². The van der Waals surface area contributed by atoms with Crippen molar-refractivity contribution in [2.45, 2.75) is 26.3 Å². The van der Waals surface area contributed by atoms with E-state index in [0.29, 0.717) is 35.4 Å². The number of rotatable bonds is 6. The van der Waals surface area contributed by atoms with Crippen molar-refractivity contribution < 1.29 is 14.6 Å². The van der Waals surface area contributed by atoms with Crippen LogP contribution in [0.15, 0.2) is 59.4 Å². The summed E-state index contributed by atoms with van der Waals surface area (Å²) in [6, 6.07) is 15.9. The molecule has 0 unspecified atom stereocenters. The zero-order valence-corrected chi connectivity index (χ0v) is 18.1. The predicted octanol–water partition coefficient (Wildman–Crippen LogP) is 3.88. The number of halogens is 2. The molecule has 3 aromatic rings. The molecule has 6 nitrogen and oxygen atoms in total. The monoisotopic (exact) mass is 458 g/mol. The number of amides is 1. The van der Waals surface area contributed by atoms with Gasteiger partial charge in [0, 0.05) is 31.4 Å². The Labute approximate surface area is 189 Å². The highest BCUT2D eigenvalue weighted by Gasteiger charge is 2.31. The minimum Gasteiger partial charge on any atom is -0.483 e. The van der Waals surface area contributed by atoms with E-state index in [4.69, 9.17) is 27.9 Å². The van der Waals surface area contributed by atoms with Gasteiger partial charge in [-0.15, -0.1) is 0 Å². The number of hydrogen-bond acceptors (Lipinski definition) is 4. The standard InChI is InChI=1S/C23H20Cl2N2O4/c24-18-7-6-16(10-19(18)25)12-26-8-9-27-17(13-28)11-20(29)22(21(27)23(26)30)31-14-15-4-2-1-3-5-15/h1-7,10-11,28H,8-9,12-14H2. The van der Waals surface area contributed by atoms with Crippen LogP contribution in [-0.4, -0.2) is 27.0 Å². The highest BCUT2D eigenvalue weighted by Crippen LogP contribution is 2.27. The lowest BCUT2D eigenvalue weighted by molar-refractivity contribution is 0.0675. The van der Waals surface area contributed by atoms with Crippen LogP contribution >= 0.6 is 23.2 Å². The molecule has 0 spiro atoms. The fourth-order valence-electron chi connectivity index (χ4n) is 3.63. The van der Waals surface area contributed by atoms with E-state index in [9.17, 15) is 14.7 Å². The fraction of sp³-hybridized carbons (Fsp3) is 0.217. The summed E-state index contributed by atoms with van der Waals surface area (Å²) < 4.78 is 7.49. The highest BCUT2D eigenvalue weighted by molar-refractivity contribution is 6.42. The van der Waals surface area contributed by atoms with Gasteiger partial charge in [-0.05, 0) is 23.3 Å². The number of nitrogens with zero attached hydrogens (tertiary/aromatic N) is 2. The van der Waals surface area contributed by atoms with Crippen molar-refractivity contribution >= 4 is 29.1 Å². The van der Waals surface area contributed by atoms with Crippen molar-refractivity contribution in [3.8, 4) is 5.75 Å². The Bertz CT molecular complexity index is 1180. The van der Waals surface area contributed by atoms with E-state index in [-0.39, 0.29) is 30.6 Å². The minimum absolute atomic E-state index is 0.00936. The zero-order chi connectivity index (χ0) is 22.0. The molecule has 1 aromatic heterocycles. The number of carbonyl (C=O) groups is 1. The van der Waals surface area contributed by atoms with Crippen LogP contribution in [0.5, 0.6) is 5.75 Å². The lowest BCUT2D eigenvalue weighted by Crippen LogP contribution is -2.42. The normalized spacial score (nSPS) is 13.3. The van der Waals surface area contributed by atoms with Crippen LogP contribution in [0.3, 0.4) is 0 Å². The predicted molar refractivity (Wildman–Crippen MR) is 119 cm³/mol. The lowest BCUT2D eigenvalue weighted by Gasteiger charge is -2.32. The third-order valence-electron chi connectivity index (χ3n) is 5.18. The molecule has 0 fully saturated rings. The van der Waals surface area contributed by atoms with E-state index < -0.39 is 5.43 Å². The number of aliphatic hydroxyl groups is 1. The molecule has 0 bridgehead atoms. The number of aliphatic hydroxyl groups excluding tert-OH is 1. The smallest absolute Gasteiger partial charge is 0.274 e. The summed E-state index contributed by atoms with van der Waals surface area (Å²) in [5, 5.41) is 10.6. The van der Waals surface area contributed by atoms with Gasteiger partial charge in [0.25, 0.3) is 5.91 Å². The molecule has 160 valence electrons. The van der Waals surface area contributed by atoms with Gasteiger partial charge in [-0.1, -0.05) is 59.6 Å². The first kappa shape index (κ1) is 21.4. The Morgan fingerprint density at radius 2 is 1.71 bits per heavy atom. The van der Waals surface area contributed by atoms with Gasteiger partial charge in [0.05, 0.1) is 16.7 Å². The van der Waals surface area contributed by atoms with Gasteiger partial charge in [-0.3, -0.25) is 9.59 Å². The highest BCUT2D eigenvalue weighted by atomic mass is 35.5. The molecule has 1 aliphatic heterocycles. The van der Waals surface area contributed by atoms with E-state index in [2.05, 4.69) is 0 Å². The van der Waals surface area contributed by atoms with Crippen molar-refractivity contribution in [1.29, 1.82) is 0 Å². The molecule has 0 saturated heterocycles. The molecule has 0 atom stereocenters. The molecule has 2 heterocycles. The molecule has 4 rings (SSSR count). The maximum Gasteiger partial charge on any atom is 0.274 e. The van der Waals surface area contributed by atoms with Crippen LogP contribution in [0.1, 0.15) is 27.3 Å². The largest absolute Gasteiger partial charge is 0.483 e. The second-order valence-electron chi connectivity index (χ2n) is 7.24. The molecular formula is C23H20Cl2N2O4. The molecule has 31 heavy (non-hydrogen) atoms. The number of ether oxygens (including phenoxy) is 1. The second kappa shape index (κ2) is 9.14. The summed E-state index contributed by atoms with van der Waals surface area (Å²) in [5.41, 5.74) is 1.80. The Hall–Kier alpha value is -2.80. The van der Waals surface area contributed by atoms with Gasteiger partial charge in [0.1, 0.15) is 6.61 Å². The zero-order valence-electron chi connectivity index (χ0n) is 16.6. The third kappa shape index (κ3) is 4.46. The van der Waals surface area contributed by atoms with Crippen molar-refractivity contribution in [1.82, 2.24) is 9.47 Å². The van der Waals surface area contributed by atoms with Crippen LogP contribution in [0, 0.1) is 0 Å². The number of hydrogen-bond donors (Lipinski definition) is 1. The molecular weight excluding hydrogens is 439 g/mol. The number of benzene rings is 2. The Morgan fingerprint density at radius 1 is 0.935 bits per heavy atom. The average molecular weight is 459 g/mol. The number of fused-ring (bicyclic) bond motifs is 1. The average Bonchev–Trinajstić information content (AvgIpc) is 2.77. The summed E-state index contributed by atoms with van der Waals surface area (Å²) in [7, 11) is 0. The van der Waals surface area contributed by atoms with Crippen molar-refractivity contribution in [2.24, 2.45) is 0 Å². The van der Waals surface area contributed by atoms with Crippen LogP contribution in [0.4, 0.5) is 0 Å². The second-order valence-corrected chi connectivity index (χ2v) is 8.05. The summed E-state index contributed by atoms with van der Waals surface area (Å²) in [5.74, 6) is -0.349. The maximum atomic E-state index is 13.4. The van der Waals surface area contributed by atoms with Crippen molar-refractivity contribution in [3.63, 3.8) is 0 Å². The molecule has 1 aliphatic rings. The number of aromatic nitrogens is 1. The Kier molecular flexibility index (Phi) is 6.32. The van der Waals surface area contributed by atoms with Gasteiger partial charge in [-0.25, -0.2) is 0 Å². The summed E-state index contributed by atoms with van der Waals surface area (Å²) in [6.45, 7) is 0.967. The van der Waals surface area contributed by atoms with E-state index in [0.717, 1.165) is 11.1 Å². The molecule has 0 radical (unpaired) electrons. The first-order valence-electron chi connectivity index (χ1n) is 9.75. The Morgan fingerprint density at radius 3 is 2.42 bits per heavy atom. The molecule has 2 aromatic carbocycles. The minimum atomic E-state index is -0.434. The van der Waals surface area contributed by atoms with Crippen LogP contribution in [0.25, 0.3) is 0 Å². The fourth-order valence-corrected chi connectivity index (χ4v) is 3.95. The van der Waals surface area contributed by atoms with Crippen molar-refractivity contribution in [3.05, 3.63) is 97.4 Å². The molecule has 0 saturated carbocycles. The SMILES string of the molecule is O=C1c2c(OCc3ccccc3)c(=O)cc(CO)n2CCN1Cc1ccc(Cl)c(Cl)c1. The first-order valence-corrected chi connectivity index (χ1v) is 10.5. The third-order valence-corrected chi connectivity index (χ3v) is 5.92. The molecule has 1 N–H and O–H groups in total. The van der Waals surface area contributed by atoms with E-state index >= 15 is 0 Å². The summed E-state index contributed by atoms with van der Waals surface area (Å²) in [6.07, 6.45) is 0. The Balaban J connectivity index is 1.67. The van der Waals surface area contributed by atoms with Gasteiger partial charge in [0.15, 0.2) is 11.4 Å². The lowest BCUT2D eigenvalue weighted by atomic mass is 10.1. The van der Waals surface area contributed by atoms with Gasteiger partial charge in [-0.2, -0.15) is 0 Å². The summed E-state index contributed by atoms with van der Waals surface area (Å²) in [4.78, 5) is 27.7. The van der Waals surface area contributed by atoms with Crippen LogP contribution < -0.4 is 10.2 Å². The first-order chi connectivity index (χ1) is 15.0. The number of carbonyl (C=O) groups excluding carboxylic acids is 1. The number of pyridine rings is 1. The van der Waals surface area contributed by atoms with Crippen molar-refractivity contribution in [2.75, 3.05) is 6.54 Å². The van der Waals surface area contributed by atoms with Crippen LogP contribution in [-0.2, 0) is 26.3 Å². The van der Waals surface area contributed by atoms with E-state index in [1.807, 2.05) is 30.3 Å². The molecule has 8 heteroatoms. The van der Waals surface area contributed by atoms with Crippen LogP contribution in [0.2, 0.25) is 10.0 Å². The quantitative estimate of drug-likeness (QED) is 0.608. The van der Waals surface area contributed by atoms with Gasteiger partial charge < -0.3 is 19.3 Å². The summed E-state index contributed by atoms with van der Waals surface area (Å²) >= 11 is 12.1. The molecule has 0 aliphatic carbocycles. The van der Waals surface area contributed by atoms with Gasteiger partial charge >= 0.3 is 0 Å². The molecule has 1 amide bonds. The van der Waals surface area contributed by atoms with E-state index in [1.165, 1.54) is 6.07 Å². The van der Waals surface area contributed by atoms with Gasteiger partial charge in [0.2, 0.25) is 5.43 Å². The maximum absolute atomic E-state index is 13.4. The topological polar surface area (TPSA) is 71.8 Å².